The molecule has 3 heterocycles. The Hall–Kier alpha value is -1.28. The lowest BCUT2D eigenvalue weighted by atomic mass is 9.37. The lowest BCUT2D eigenvalue weighted by Crippen LogP contribution is -2.68. The monoisotopic (exact) mass is 961 g/mol. The summed E-state index contributed by atoms with van der Waals surface area (Å²) in [6.45, 7) is 14.3. The quantitative estimate of drug-likeness (QED) is 0.0971. The van der Waals surface area contributed by atoms with Gasteiger partial charge in [0.05, 0.1) is 43.7 Å². The molecule has 0 aromatic heterocycles. The number of rotatable bonds is 13. The minimum atomic E-state index is -1.83. The molecule has 4 aliphatic carbocycles. The van der Waals surface area contributed by atoms with Crippen molar-refractivity contribution in [3.05, 3.63) is 23.3 Å². The lowest BCUT2D eigenvalue weighted by Gasteiger charge is -2.69. The molecule has 19 nitrogen and oxygen atoms in total. The topological polar surface area (TPSA) is 318 Å². The molecule has 0 spiro atoms. The van der Waals surface area contributed by atoms with Crippen molar-refractivity contribution in [2.45, 2.75) is 216 Å². The summed E-state index contributed by atoms with van der Waals surface area (Å²) in [5, 5.41) is 142. The highest BCUT2D eigenvalue weighted by Gasteiger charge is 2.73. The Morgan fingerprint density at radius 3 is 1.79 bits per heavy atom. The minimum absolute atomic E-state index is 0.238. The van der Waals surface area contributed by atoms with Gasteiger partial charge in [0.25, 0.3) is 0 Å². The Morgan fingerprint density at radius 2 is 1.22 bits per heavy atom. The molecule has 0 amide bonds. The van der Waals surface area contributed by atoms with Crippen molar-refractivity contribution >= 4 is 0 Å². The van der Waals surface area contributed by atoms with Crippen LogP contribution in [0.5, 0.6) is 0 Å². The summed E-state index contributed by atoms with van der Waals surface area (Å²) in [4.78, 5) is 0. The Labute approximate surface area is 392 Å². The van der Waals surface area contributed by atoms with Gasteiger partial charge in [0.2, 0.25) is 0 Å². The highest BCUT2D eigenvalue weighted by atomic mass is 16.8. The maximum atomic E-state index is 12.7. The van der Waals surface area contributed by atoms with Gasteiger partial charge in [-0.3, -0.25) is 0 Å². The van der Waals surface area contributed by atoms with Gasteiger partial charge in [-0.15, -0.1) is 0 Å². The molecule has 7 rings (SSSR count). The average molecular weight is 961 g/mol. The van der Waals surface area contributed by atoms with Crippen LogP contribution in [0.25, 0.3) is 0 Å². The Kier molecular flexibility index (Phi) is 15.7. The van der Waals surface area contributed by atoms with Crippen LogP contribution in [0.4, 0.5) is 0 Å². The van der Waals surface area contributed by atoms with Gasteiger partial charge in [-0.25, -0.2) is 0 Å². The molecule has 0 unspecified atom stereocenters. The van der Waals surface area contributed by atoms with Crippen molar-refractivity contribution < 1.29 is 94.8 Å². The van der Waals surface area contributed by atoms with E-state index in [1.165, 1.54) is 0 Å². The first-order valence-corrected chi connectivity index (χ1v) is 24.2. The molecule has 386 valence electrons. The van der Waals surface area contributed by atoms with E-state index in [4.69, 9.17) is 28.4 Å². The number of aliphatic hydroxyl groups is 13. The van der Waals surface area contributed by atoms with E-state index in [1.54, 1.807) is 0 Å². The smallest absolute Gasteiger partial charge is 0.187 e. The molecule has 0 aromatic carbocycles. The normalized spacial score (nSPS) is 51.7. The summed E-state index contributed by atoms with van der Waals surface area (Å²) in [5.74, 6) is -0.932. The molecule has 3 saturated carbocycles. The van der Waals surface area contributed by atoms with Crippen molar-refractivity contribution in [2.75, 3.05) is 19.8 Å². The number of ether oxygens (including phenoxy) is 6. The zero-order chi connectivity index (χ0) is 49.5. The van der Waals surface area contributed by atoms with E-state index in [9.17, 15) is 66.4 Å². The van der Waals surface area contributed by atoms with Crippen LogP contribution in [0.3, 0.4) is 0 Å². The molecule has 3 saturated heterocycles. The third-order valence-corrected chi connectivity index (χ3v) is 18.2. The van der Waals surface area contributed by atoms with Gasteiger partial charge in [-0.05, 0) is 94.3 Å². The van der Waals surface area contributed by atoms with Gasteiger partial charge in [0.15, 0.2) is 18.9 Å². The van der Waals surface area contributed by atoms with E-state index < -0.39 is 158 Å². The van der Waals surface area contributed by atoms with Crippen molar-refractivity contribution in [2.24, 2.45) is 39.4 Å². The van der Waals surface area contributed by atoms with Crippen LogP contribution in [-0.4, -0.2) is 202 Å². The predicted molar refractivity (Wildman–Crippen MR) is 235 cm³/mol. The van der Waals surface area contributed by atoms with E-state index in [1.807, 2.05) is 40.7 Å². The van der Waals surface area contributed by atoms with Gasteiger partial charge < -0.3 is 94.8 Å². The number of allylic oxidation sites excluding steroid dienone is 2. The molecular weight excluding hydrogens is 881 g/mol. The summed E-state index contributed by atoms with van der Waals surface area (Å²) in [5.41, 5.74) is -1.89. The third kappa shape index (κ3) is 8.84. The zero-order valence-corrected chi connectivity index (χ0v) is 40.1. The van der Waals surface area contributed by atoms with E-state index >= 15 is 0 Å². The maximum absolute atomic E-state index is 12.7. The third-order valence-electron chi connectivity index (χ3n) is 18.2. The zero-order valence-electron chi connectivity index (χ0n) is 40.1. The summed E-state index contributed by atoms with van der Waals surface area (Å²) < 4.78 is 36.9. The highest BCUT2D eigenvalue weighted by Crippen LogP contribution is 2.75. The van der Waals surface area contributed by atoms with E-state index in [-0.39, 0.29) is 17.8 Å². The molecule has 0 aromatic rings. The fourth-order valence-electron chi connectivity index (χ4n) is 14.1. The predicted octanol–water partition coefficient (Wildman–Crippen LogP) is -1.14. The van der Waals surface area contributed by atoms with Crippen LogP contribution in [0.1, 0.15) is 100 Å². The van der Waals surface area contributed by atoms with E-state index in [0.29, 0.717) is 44.9 Å². The van der Waals surface area contributed by atoms with Crippen LogP contribution in [0, 0.1) is 39.4 Å². The standard InChI is InChI=1S/C48H80O19/c1-21(2)10-9-13-47(7,67-42-39(61)36(58)33(55)25(19-50)63-42)22-11-15-46(6)31(22)23(52)16-28-45(5)14-12-30(44(3,4)27(45)17-29(53)48(28,46)8)65-43-40(37(59)34(56)26(20-51)64-43)66-41-38(60)35(57)32(54)24(18-49)62-41/h10,17,22-26,28-43,49-61H,9,11-16,18-20H2,1-8H3/t22-,23+,24-,25-,26+,28+,29-,30-,31-,32-,33-,34+,35+,36+,37-,38-,39-,40+,41+,42+,43+,45-,46+,47-,48-/m0/s1. The number of aliphatic hydroxyl groups excluding tert-OH is 13. The first-order valence-electron chi connectivity index (χ1n) is 24.2. The Morgan fingerprint density at radius 1 is 0.687 bits per heavy atom. The van der Waals surface area contributed by atoms with Gasteiger partial charge in [-0.2, -0.15) is 0 Å². The Balaban J connectivity index is 1.18. The summed E-state index contributed by atoms with van der Waals surface area (Å²) >= 11 is 0. The molecule has 0 bridgehead atoms. The molecular formula is C48H80O19. The fourth-order valence-corrected chi connectivity index (χ4v) is 14.1. The second kappa shape index (κ2) is 19.6. The van der Waals surface area contributed by atoms with E-state index in [2.05, 4.69) is 26.8 Å². The second-order valence-electron chi connectivity index (χ2n) is 22.5. The number of fused-ring (bicyclic) bond motifs is 5. The number of hydrogen-bond donors (Lipinski definition) is 13. The largest absolute Gasteiger partial charge is 0.394 e. The molecule has 67 heavy (non-hydrogen) atoms. The van der Waals surface area contributed by atoms with Crippen LogP contribution in [0.15, 0.2) is 23.3 Å². The average Bonchev–Trinajstić information content (AvgIpc) is 3.66. The van der Waals surface area contributed by atoms with Crippen molar-refractivity contribution in [1.82, 2.24) is 0 Å². The molecule has 6 fully saturated rings. The fraction of sp³-hybridized carbons (Fsp3) is 0.917. The first-order chi connectivity index (χ1) is 31.3. The SMILES string of the molecule is CC(C)=CCC[C@](C)(O[C@H]1O[C@@H](CO)[C@H](O)[C@@H](O)[C@@H]1O)[C@H]1CC[C@]2(C)[C@@H]1[C@H](O)C[C@H]1[C@@]2(C)[C@@H](O)C=C2C(C)(C)[C@@H](O[C@H]3O[C@H](CO)[C@@H](O)[C@H](O)[C@H]3O[C@H]3O[C@@H](CO)[C@H](O)[C@@H](O)[C@@H]3O)CC[C@@]21C. The van der Waals surface area contributed by atoms with Crippen molar-refractivity contribution in [3.63, 3.8) is 0 Å². The molecule has 19 heteroatoms. The van der Waals surface area contributed by atoms with Crippen LogP contribution < -0.4 is 0 Å². The van der Waals surface area contributed by atoms with Gasteiger partial charge >= 0.3 is 0 Å². The lowest BCUT2D eigenvalue weighted by molar-refractivity contribution is -0.375. The summed E-state index contributed by atoms with van der Waals surface area (Å²) in [6.07, 6.45) is -18.3. The number of hydrogen-bond acceptors (Lipinski definition) is 19. The minimum Gasteiger partial charge on any atom is -0.394 e. The molecule has 25 atom stereocenters. The first kappa shape index (κ1) is 53.5. The summed E-state index contributed by atoms with van der Waals surface area (Å²) in [6, 6.07) is 0. The van der Waals surface area contributed by atoms with E-state index in [0.717, 1.165) is 11.1 Å². The molecule has 7 aliphatic rings. The van der Waals surface area contributed by atoms with Crippen LogP contribution in [0.2, 0.25) is 0 Å². The highest BCUT2D eigenvalue weighted by molar-refractivity contribution is 5.36. The van der Waals surface area contributed by atoms with Crippen LogP contribution >= 0.6 is 0 Å². The van der Waals surface area contributed by atoms with Crippen molar-refractivity contribution in [3.8, 4) is 0 Å². The second-order valence-corrected chi connectivity index (χ2v) is 22.5. The van der Waals surface area contributed by atoms with Gasteiger partial charge in [0.1, 0.15) is 73.2 Å². The summed E-state index contributed by atoms with van der Waals surface area (Å²) in [7, 11) is 0. The molecule has 0 radical (unpaired) electrons. The van der Waals surface area contributed by atoms with Gasteiger partial charge in [-0.1, -0.05) is 57.9 Å². The Bertz CT molecular complexity index is 1780. The van der Waals surface area contributed by atoms with Gasteiger partial charge in [0, 0.05) is 10.8 Å². The molecule has 3 aliphatic heterocycles. The van der Waals surface area contributed by atoms with Crippen molar-refractivity contribution in [1.29, 1.82) is 0 Å². The maximum Gasteiger partial charge on any atom is 0.187 e. The van der Waals surface area contributed by atoms with Crippen LogP contribution in [-0.2, 0) is 28.4 Å². The molecule has 13 N–H and O–H groups in total.